The van der Waals surface area contributed by atoms with E-state index in [9.17, 15) is 31.5 Å². The predicted octanol–water partition coefficient (Wildman–Crippen LogP) is 2.46. The number of benzene rings is 1. The van der Waals surface area contributed by atoms with Crippen molar-refractivity contribution in [2.24, 2.45) is 5.92 Å². The number of carbonyl (C=O) groups is 1. The van der Waals surface area contributed by atoms with Crippen molar-refractivity contribution < 1.29 is 31.5 Å². The third-order valence-corrected chi connectivity index (χ3v) is 7.49. The van der Waals surface area contributed by atoms with Gasteiger partial charge in [0, 0.05) is 18.8 Å². The Kier molecular flexibility index (Phi) is 8.41. The third-order valence-electron chi connectivity index (χ3n) is 6.39. The van der Waals surface area contributed by atoms with Gasteiger partial charge in [0.25, 0.3) is 0 Å². The molecular weight excluding hydrogens is 459 g/mol. The van der Waals surface area contributed by atoms with Crippen molar-refractivity contribution in [1.82, 2.24) is 15.5 Å². The highest BCUT2D eigenvalue weighted by Crippen LogP contribution is 2.33. The molecule has 1 aromatic carbocycles. The molecule has 1 aliphatic heterocycles. The molecule has 0 radical (unpaired) electrons. The monoisotopic (exact) mass is 491 g/mol. The topological polar surface area (TPSA) is 98.7 Å². The van der Waals surface area contributed by atoms with E-state index in [1.165, 1.54) is 0 Å². The normalized spacial score (nSPS) is 20.2. The average molecular weight is 492 g/mol. The van der Waals surface area contributed by atoms with Crippen LogP contribution in [0, 0.1) is 5.92 Å². The van der Waals surface area contributed by atoms with Crippen LogP contribution in [0.15, 0.2) is 23.1 Å². The maximum atomic E-state index is 13.2. The fourth-order valence-electron chi connectivity index (χ4n) is 4.45. The fraction of sp³-hybridized carbons (Fsp3) is 0.682. The number of nitrogens with zero attached hydrogens (tertiary/aromatic N) is 1. The Labute approximate surface area is 192 Å². The highest BCUT2D eigenvalue weighted by Gasteiger charge is 2.33. The molecule has 3 rings (SSSR count). The summed E-state index contributed by atoms with van der Waals surface area (Å²) in [6.07, 6.45) is 0.638. The first-order valence-corrected chi connectivity index (χ1v) is 13.2. The molecule has 1 atom stereocenters. The summed E-state index contributed by atoms with van der Waals surface area (Å²) < 4.78 is 63.1. The van der Waals surface area contributed by atoms with Gasteiger partial charge < -0.3 is 10.4 Å². The Balaban J connectivity index is 1.50. The molecule has 11 heteroatoms. The van der Waals surface area contributed by atoms with Crippen LogP contribution in [0.5, 0.6) is 0 Å². The Morgan fingerprint density at radius 1 is 1.15 bits per heavy atom. The minimum atomic E-state index is -4.73. The molecular formula is C22H32F3N3O4S. The quantitative estimate of drug-likeness (QED) is 0.484. The van der Waals surface area contributed by atoms with Crippen LogP contribution in [0.3, 0.4) is 0 Å². The van der Waals surface area contributed by atoms with E-state index < -0.39 is 32.7 Å². The molecule has 2 fully saturated rings. The zero-order valence-electron chi connectivity index (χ0n) is 18.7. The minimum absolute atomic E-state index is 0.0418. The molecule has 1 amide bonds. The SMILES string of the molecule is CS(=O)(=O)c1cc(C(O)NCC2CCN(CC(=O)NC3CCCC3)CC2)cc(C(F)(F)F)c1. The van der Waals surface area contributed by atoms with Gasteiger partial charge in [-0.15, -0.1) is 0 Å². The van der Waals surface area contributed by atoms with Gasteiger partial charge in [0.1, 0.15) is 6.23 Å². The number of halogens is 3. The number of hydrogen-bond donors (Lipinski definition) is 3. The van der Waals surface area contributed by atoms with Crippen molar-refractivity contribution in [3.63, 3.8) is 0 Å². The molecule has 1 aromatic rings. The number of likely N-dealkylation sites (tertiary alicyclic amines) is 1. The van der Waals surface area contributed by atoms with Crippen LogP contribution in [0.4, 0.5) is 13.2 Å². The number of hydrogen-bond acceptors (Lipinski definition) is 6. The summed E-state index contributed by atoms with van der Waals surface area (Å²) in [6, 6.07) is 2.69. The van der Waals surface area contributed by atoms with Crippen molar-refractivity contribution >= 4 is 15.7 Å². The first kappa shape index (κ1) is 25.9. The Bertz CT molecular complexity index is 925. The lowest BCUT2D eigenvalue weighted by molar-refractivity contribution is -0.137. The summed E-state index contributed by atoms with van der Waals surface area (Å²) in [7, 11) is -3.88. The summed E-state index contributed by atoms with van der Waals surface area (Å²) in [5, 5.41) is 16.3. The largest absolute Gasteiger partial charge is 0.416 e. The van der Waals surface area contributed by atoms with Gasteiger partial charge >= 0.3 is 6.18 Å². The molecule has 0 spiro atoms. The number of carbonyl (C=O) groups excluding carboxylic acids is 1. The second kappa shape index (κ2) is 10.7. The van der Waals surface area contributed by atoms with E-state index in [0.717, 1.165) is 70.0 Å². The highest BCUT2D eigenvalue weighted by atomic mass is 32.2. The van der Waals surface area contributed by atoms with Crippen LogP contribution in [0.25, 0.3) is 0 Å². The number of sulfone groups is 1. The third kappa shape index (κ3) is 7.66. The van der Waals surface area contributed by atoms with Crippen LogP contribution in [0.1, 0.15) is 55.9 Å². The second-order valence-corrected chi connectivity index (χ2v) is 11.2. The Morgan fingerprint density at radius 3 is 2.36 bits per heavy atom. The van der Waals surface area contributed by atoms with Gasteiger partial charge in [-0.05, 0) is 68.5 Å². The highest BCUT2D eigenvalue weighted by molar-refractivity contribution is 7.90. The fourth-order valence-corrected chi connectivity index (χ4v) is 5.14. The molecule has 3 N–H and O–H groups in total. The average Bonchev–Trinajstić information content (AvgIpc) is 3.24. The van der Waals surface area contributed by atoms with Gasteiger partial charge in [0.2, 0.25) is 5.91 Å². The van der Waals surface area contributed by atoms with Crippen molar-refractivity contribution in [1.29, 1.82) is 0 Å². The summed E-state index contributed by atoms with van der Waals surface area (Å²) >= 11 is 0. The number of alkyl halides is 3. The van der Waals surface area contributed by atoms with Crippen molar-refractivity contribution in [2.45, 2.75) is 61.9 Å². The van der Waals surface area contributed by atoms with Crippen molar-refractivity contribution in [3.8, 4) is 0 Å². The Morgan fingerprint density at radius 2 is 1.79 bits per heavy atom. The van der Waals surface area contributed by atoms with Gasteiger partial charge in [-0.2, -0.15) is 13.2 Å². The van der Waals surface area contributed by atoms with Crippen molar-refractivity contribution in [3.05, 3.63) is 29.3 Å². The van der Waals surface area contributed by atoms with E-state index in [-0.39, 0.29) is 17.4 Å². The summed E-state index contributed by atoms with van der Waals surface area (Å²) in [5.41, 5.74) is -1.27. The molecule has 1 saturated carbocycles. The molecule has 2 aliphatic rings. The molecule has 1 aliphatic carbocycles. The van der Waals surface area contributed by atoms with Crippen molar-refractivity contribution in [2.75, 3.05) is 32.4 Å². The van der Waals surface area contributed by atoms with Crippen LogP contribution in [0.2, 0.25) is 0 Å². The number of aliphatic hydroxyl groups is 1. The van der Waals surface area contributed by atoms with E-state index in [0.29, 0.717) is 25.2 Å². The molecule has 1 saturated heterocycles. The molecule has 0 bridgehead atoms. The lowest BCUT2D eigenvalue weighted by Gasteiger charge is -2.32. The van der Waals surface area contributed by atoms with Crippen LogP contribution in [-0.4, -0.2) is 62.8 Å². The van der Waals surface area contributed by atoms with Gasteiger partial charge in [-0.1, -0.05) is 12.8 Å². The van der Waals surface area contributed by atoms with Crippen LogP contribution < -0.4 is 10.6 Å². The first-order chi connectivity index (χ1) is 15.4. The Hall–Kier alpha value is -1.69. The van der Waals surface area contributed by atoms with Crippen LogP contribution >= 0.6 is 0 Å². The number of nitrogens with one attached hydrogen (secondary N) is 2. The zero-order valence-corrected chi connectivity index (χ0v) is 19.5. The maximum absolute atomic E-state index is 13.2. The molecule has 1 unspecified atom stereocenters. The van der Waals surface area contributed by atoms with Gasteiger partial charge in [-0.3, -0.25) is 15.0 Å². The minimum Gasteiger partial charge on any atom is -0.374 e. The summed E-state index contributed by atoms with van der Waals surface area (Å²) in [4.78, 5) is 13.8. The molecule has 7 nitrogen and oxygen atoms in total. The maximum Gasteiger partial charge on any atom is 0.416 e. The smallest absolute Gasteiger partial charge is 0.374 e. The van der Waals surface area contributed by atoms with Gasteiger partial charge in [0.05, 0.1) is 17.0 Å². The van der Waals surface area contributed by atoms with E-state index in [4.69, 9.17) is 0 Å². The van der Waals surface area contributed by atoms with E-state index >= 15 is 0 Å². The van der Waals surface area contributed by atoms with E-state index in [1.807, 2.05) is 0 Å². The van der Waals surface area contributed by atoms with Gasteiger partial charge in [0.15, 0.2) is 9.84 Å². The van der Waals surface area contributed by atoms with E-state index in [1.54, 1.807) is 0 Å². The molecule has 1 heterocycles. The second-order valence-electron chi connectivity index (χ2n) is 9.14. The van der Waals surface area contributed by atoms with E-state index in [2.05, 4.69) is 15.5 Å². The zero-order chi connectivity index (χ0) is 24.2. The number of amides is 1. The first-order valence-electron chi connectivity index (χ1n) is 11.3. The molecule has 33 heavy (non-hydrogen) atoms. The lowest BCUT2D eigenvalue weighted by Crippen LogP contribution is -2.45. The summed E-state index contributed by atoms with van der Waals surface area (Å²) in [5.74, 6) is 0.231. The molecule has 0 aromatic heterocycles. The standard InChI is InChI=1S/C22H32F3N3O4S/c1-33(31,32)19-11-16(10-17(12-19)22(23,24)25)21(30)26-13-15-6-8-28(9-7-15)14-20(29)27-18-4-2-3-5-18/h10-12,15,18,21,26,30H,2-9,13-14H2,1H3,(H,27,29). The van der Waals surface area contributed by atoms with Gasteiger partial charge in [-0.25, -0.2) is 8.42 Å². The van der Waals surface area contributed by atoms with Crippen LogP contribution in [-0.2, 0) is 20.8 Å². The number of aliphatic hydroxyl groups excluding tert-OH is 1. The summed E-state index contributed by atoms with van der Waals surface area (Å²) in [6.45, 7) is 2.18. The lowest BCUT2D eigenvalue weighted by atomic mass is 9.96. The molecule has 186 valence electrons. The number of rotatable bonds is 8. The number of piperidine rings is 1. The predicted molar refractivity (Wildman–Crippen MR) is 117 cm³/mol.